The number of fused-ring (bicyclic) bond motifs is 1. The van der Waals surface area contributed by atoms with Crippen LogP contribution in [0.2, 0.25) is 0 Å². The predicted octanol–water partition coefficient (Wildman–Crippen LogP) is 3.63. The van der Waals surface area contributed by atoms with Gasteiger partial charge in [0.05, 0.1) is 12.8 Å². The van der Waals surface area contributed by atoms with Crippen LogP contribution in [0.3, 0.4) is 0 Å². The first-order valence-electron chi connectivity index (χ1n) is 9.40. The first-order chi connectivity index (χ1) is 12.8. The van der Waals surface area contributed by atoms with Gasteiger partial charge in [0.25, 0.3) is 0 Å². The Morgan fingerprint density at radius 3 is 2.59 bits per heavy atom. The van der Waals surface area contributed by atoms with Crippen molar-refractivity contribution in [2.24, 2.45) is 0 Å². The lowest BCUT2D eigenvalue weighted by molar-refractivity contribution is 0.0204. The molecule has 2 aromatic heterocycles. The summed E-state index contributed by atoms with van der Waals surface area (Å²) in [7, 11) is 0. The maximum atomic E-state index is 12.2. The van der Waals surface area contributed by atoms with Crippen LogP contribution in [-0.4, -0.2) is 51.6 Å². The Morgan fingerprint density at radius 1 is 1.26 bits per heavy atom. The number of imidazole rings is 1. The second kappa shape index (κ2) is 7.58. The van der Waals surface area contributed by atoms with Gasteiger partial charge in [0.2, 0.25) is 0 Å². The van der Waals surface area contributed by atoms with Gasteiger partial charge in [-0.15, -0.1) is 0 Å². The van der Waals surface area contributed by atoms with E-state index < -0.39 is 5.60 Å². The highest BCUT2D eigenvalue weighted by Gasteiger charge is 2.27. The molecule has 1 amide bonds. The summed E-state index contributed by atoms with van der Waals surface area (Å²) < 4.78 is 12.3. The van der Waals surface area contributed by atoms with Crippen molar-refractivity contribution in [1.82, 2.24) is 14.3 Å². The Bertz CT molecular complexity index is 829. The average Bonchev–Trinajstić information content (AvgIpc) is 3.04. The molecule has 0 radical (unpaired) electrons. The van der Waals surface area contributed by atoms with E-state index in [9.17, 15) is 9.59 Å². The van der Waals surface area contributed by atoms with Gasteiger partial charge in [-0.3, -0.25) is 4.40 Å². The second-order valence-corrected chi connectivity index (χ2v) is 7.79. The number of hydrogen-bond donors (Lipinski definition) is 0. The van der Waals surface area contributed by atoms with Crippen LogP contribution < -0.4 is 0 Å². The third-order valence-electron chi connectivity index (χ3n) is 4.64. The fourth-order valence-corrected chi connectivity index (χ4v) is 3.33. The fourth-order valence-electron chi connectivity index (χ4n) is 3.33. The number of rotatable bonds is 3. The van der Waals surface area contributed by atoms with Crippen LogP contribution in [-0.2, 0) is 9.47 Å². The molecule has 0 unspecified atom stereocenters. The van der Waals surface area contributed by atoms with Gasteiger partial charge in [-0.25, -0.2) is 14.6 Å². The van der Waals surface area contributed by atoms with E-state index >= 15 is 0 Å². The summed E-state index contributed by atoms with van der Waals surface area (Å²) in [5.41, 5.74) is 1.85. The molecule has 2 aromatic rings. The Hall–Kier alpha value is -2.57. The lowest BCUT2D eigenvalue weighted by Gasteiger charge is -2.33. The van der Waals surface area contributed by atoms with Crippen LogP contribution in [0.4, 0.5) is 4.79 Å². The zero-order valence-electron chi connectivity index (χ0n) is 16.4. The van der Waals surface area contributed by atoms with Crippen LogP contribution in [0, 0.1) is 0 Å². The molecule has 0 saturated carbocycles. The van der Waals surface area contributed by atoms with Crippen molar-refractivity contribution in [3.8, 4) is 0 Å². The van der Waals surface area contributed by atoms with Crippen molar-refractivity contribution in [2.75, 3.05) is 19.7 Å². The standard InChI is InChI=1S/C20H27N3O4/c1-5-26-18(24)16-13-21-17-12-15(8-11-23(16)17)14-6-9-22(10-7-14)19(25)27-20(2,3)4/h8,11-14H,5-7,9-10H2,1-4H3. The van der Waals surface area contributed by atoms with Gasteiger partial charge in [-0.05, 0) is 64.2 Å². The first-order valence-corrected chi connectivity index (χ1v) is 9.40. The van der Waals surface area contributed by atoms with Crippen molar-refractivity contribution in [3.05, 3.63) is 35.8 Å². The minimum atomic E-state index is -0.476. The summed E-state index contributed by atoms with van der Waals surface area (Å²) in [6, 6.07) is 4.03. The zero-order chi connectivity index (χ0) is 19.6. The van der Waals surface area contributed by atoms with Crippen LogP contribution in [0.1, 0.15) is 62.5 Å². The highest BCUT2D eigenvalue weighted by Crippen LogP contribution is 2.29. The van der Waals surface area contributed by atoms with Crippen LogP contribution in [0.25, 0.3) is 5.65 Å². The SMILES string of the molecule is CCOC(=O)c1cnc2cc(C3CCN(C(=O)OC(C)(C)C)CC3)ccn12. The molecule has 1 aliphatic rings. The monoisotopic (exact) mass is 373 g/mol. The highest BCUT2D eigenvalue weighted by atomic mass is 16.6. The van der Waals surface area contributed by atoms with E-state index in [0.29, 0.717) is 31.3 Å². The third kappa shape index (κ3) is 4.40. The third-order valence-corrected chi connectivity index (χ3v) is 4.64. The summed E-state index contributed by atoms with van der Waals surface area (Å²) in [5.74, 6) is -0.0140. The highest BCUT2D eigenvalue weighted by molar-refractivity contribution is 5.88. The van der Waals surface area contributed by atoms with E-state index in [1.165, 1.54) is 5.56 Å². The van der Waals surface area contributed by atoms with E-state index in [-0.39, 0.29) is 12.1 Å². The second-order valence-electron chi connectivity index (χ2n) is 7.79. The zero-order valence-corrected chi connectivity index (χ0v) is 16.4. The molecule has 27 heavy (non-hydrogen) atoms. The number of aromatic nitrogens is 2. The number of hydrogen-bond acceptors (Lipinski definition) is 5. The number of esters is 1. The topological polar surface area (TPSA) is 73.1 Å². The normalized spacial score (nSPS) is 15.8. The number of amides is 1. The van der Waals surface area contributed by atoms with E-state index in [1.54, 1.807) is 22.4 Å². The maximum absolute atomic E-state index is 12.2. The van der Waals surface area contributed by atoms with Gasteiger partial charge in [0.15, 0.2) is 5.69 Å². The molecule has 0 N–H and O–H groups in total. The van der Waals surface area contributed by atoms with Crippen LogP contribution >= 0.6 is 0 Å². The molecule has 7 nitrogen and oxygen atoms in total. The smallest absolute Gasteiger partial charge is 0.410 e. The van der Waals surface area contributed by atoms with Gasteiger partial charge in [-0.1, -0.05) is 0 Å². The summed E-state index contributed by atoms with van der Waals surface area (Å²) in [4.78, 5) is 30.3. The van der Waals surface area contributed by atoms with Gasteiger partial charge >= 0.3 is 12.1 Å². The molecular formula is C20H27N3O4. The van der Waals surface area contributed by atoms with E-state index in [1.807, 2.05) is 39.1 Å². The van der Waals surface area contributed by atoms with Crippen molar-refractivity contribution < 1.29 is 19.1 Å². The largest absolute Gasteiger partial charge is 0.461 e. The number of pyridine rings is 1. The van der Waals surface area contributed by atoms with Crippen molar-refractivity contribution in [3.63, 3.8) is 0 Å². The van der Waals surface area contributed by atoms with Crippen molar-refractivity contribution in [2.45, 2.75) is 52.1 Å². The summed E-state index contributed by atoms with van der Waals surface area (Å²) in [6.45, 7) is 9.09. The van der Waals surface area contributed by atoms with Crippen LogP contribution in [0.5, 0.6) is 0 Å². The molecule has 1 aliphatic heterocycles. The Morgan fingerprint density at radius 2 is 1.96 bits per heavy atom. The number of likely N-dealkylation sites (tertiary alicyclic amines) is 1. The number of carbonyl (C=O) groups is 2. The molecule has 3 rings (SSSR count). The molecule has 1 fully saturated rings. The molecule has 7 heteroatoms. The minimum Gasteiger partial charge on any atom is -0.461 e. The molecule has 1 saturated heterocycles. The maximum Gasteiger partial charge on any atom is 0.410 e. The van der Waals surface area contributed by atoms with Gasteiger partial charge in [0.1, 0.15) is 11.2 Å². The summed E-state index contributed by atoms with van der Waals surface area (Å²) in [5, 5.41) is 0. The molecule has 146 valence electrons. The number of carbonyl (C=O) groups excluding carboxylic acids is 2. The number of ether oxygens (including phenoxy) is 2. The lowest BCUT2D eigenvalue weighted by Crippen LogP contribution is -2.41. The fraction of sp³-hybridized carbons (Fsp3) is 0.550. The number of piperidine rings is 1. The molecule has 0 atom stereocenters. The minimum absolute atomic E-state index is 0.247. The molecule has 3 heterocycles. The summed E-state index contributed by atoms with van der Waals surface area (Å²) in [6.07, 6.45) is 4.91. The van der Waals surface area contributed by atoms with Gasteiger partial charge < -0.3 is 14.4 Å². The Balaban J connectivity index is 1.67. The average molecular weight is 373 g/mol. The number of nitrogens with zero attached hydrogens (tertiary/aromatic N) is 3. The van der Waals surface area contributed by atoms with Crippen molar-refractivity contribution >= 4 is 17.7 Å². The predicted molar refractivity (Wildman–Crippen MR) is 101 cm³/mol. The van der Waals surface area contributed by atoms with Crippen LogP contribution in [0.15, 0.2) is 24.5 Å². The molecule has 0 aromatic carbocycles. The van der Waals surface area contributed by atoms with E-state index in [4.69, 9.17) is 9.47 Å². The molecular weight excluding hydrogens is 346 g/mol. The van der Waals surface area contributed by atoms with E-state index in [2.05, 4.69) is 4.98 Å². The molecule has 0 spiro atoms. The summed E-state index contributed by atoms with van der Waals surface area (Å²) >= 11 is 0. The van der Waals surface area contributed by atoms with Gasteiger partial charge in [0, 0.05) is 19.3 Å². The van der Waals surface area contributed by atoms with E-state index in [0.717, 1.165) is 18.5 Å². The Kier molecular flexibility index (Phi) is 5.39. The van der Waals surface area contributed by atoms with Crippen molar-refractivity contribution in [1.29, 1.82) is 0 Å². The lowest BCUT2D eigenvalue weighted by atomic mass is 9.90. The molecule has 0 aliphatic carbocycles. The Labute approximate surface area is 159 Å². The molecule has 0 bridgehead atoms. The quantitative estimate of drug-likeness (QED) is 0.768. The van der Waals surface area contributed by atoms with Gasteiger partial charge in [-0.2, -0.15) is 0 Å². The first kappa shape index (κ1) is 19.2.